The van der Waals surface area contributed by atoms with Crippen LogP contribution in [0.1, 0.15) is 61.3 Å². The van der Waals surface area contributed by atoms with Gasteiger partial charge in [0.1, 0.15) is 5.82 Å². The molecule has 0 spiro atoms. The highest BCUT2D eigenvalue weighted by molar-refractivity contribution is 7.87. The highest BCUT2D eigenvalue weighted by atomic mass is 32.2. The third-order valence-electron chi connectivity index (χ3n) is 6.24. The Kier molecular flexibility index (Phi) is 7.46. The number of fused-ring (bicyclic) bond motifs is 1. The van der Waals surface area contributed by atoms with Crippen LogP contribution in [0.2, 0.25) is 0 Å². The van der Waals surface area contributed by atoms with Crippen LogP contribution in [0.15, 0.2) is 47.6 Å². The molecule has 0 aromatic heterocycles. The molecule has 1 fully saturated rings. The minimum Gasteiger partial charge on any atom is -0.295 e. The van der Waals surface area contributed by atoms with E-state index in [-0.39, 0.29) is 17.9 Å². The quantitative estimate of drug-likeness (QED) is 0.330. The van der Waals surface area contributed by atoms with Crippen molar-refractivity contribution in [2.75, 3.05) is 7.05 Å². The zero-order valence-electron chi connectivity index (χ0n) is 19.4. The Balaban J connectivity index is 1.42. The van der Waals surface area contributed by atoms with Crippen molar-refractivity contribution in [3.8, 4) is 0 Å². The van der Waals surface area contributed by atoms with Crippen LogP contribution in [0.3, 0.4) is 0 Å². The maximum absolute atomic E-state index is 13.2. The molecule has 1 saturated carbocycles. The molecule has 2 aromatic rings. The number of nitrogens with zero attached hydrogens (tertiary/aromatic N) is 2. The van der Waals surface area contributed by atoms with Crippen molar-refractivity contribution >= 4 is 15.9 Å². The van der Waals surface area contributed by atoms with E-state index >= 15 is 0 Å². The minimum atomic E-state index is -3.43. The number of halogens is 1. The van der Waals surface area contributed by atoms with Gasteiger partial charge in [-0.3, -0.25) is 5.01 Å². The van der Waals surface area contributed by atoms with Crippen molar-refractivity contribution < 1.29 is 12.8 Å². The van der Waals surface area contributed by atoms with Gasteiger partial charge in [-0.25, -0.2) is 4.39 Å². The van der Waals surface area contributed by atoms with Crippen LogP contribution in [-0.2, 0) is 29.6 Å². The molecule has 4 rings (SSSR count). The molecular weight excluding hydrogens is 439 g/mol. The van der Waals surface area contributed by atoms with Crippen LogP contribution in [0, 0.1) is 5.82 Å². The number of hydrazone groups is 1. The summed E-state index contributed by atoms with van der Waals surface area (Å²) in [6.07, 6.45) is 5.93. The zero-order chi connectivity index (χ0) is 23.4. The van der Waals surface area contributed by atoms with E-state index in [1.165, 1.54) is 23.3 Å². The second-order valence-corrected chi connectivity index (χ2v) is 10.6. The highest BCUT2D eigenvalue weighted by Gasteiger charge is 2.29. The second kappa shape index (κ2) is 10.3. The van der Waals surface area contributed by atoms with Crippen LogP contribution in [0.25, 0.3) is 0 Å². The zero-order valence-corrected chi connectivity index (χ0v) is 20.2. The van der Waals surface area contributed by atoms with E-state index in [0.717, 1.165) is 61.8 Å². The van der Waals surface area contributed by atoms with Gasteiger partial charge in [0.2, 0.25) is 0 Å². The molecular formula is C25H33FN4O2S. The van der Waals surface area contributed by atoms with Crippen LogP contribution in [-0.4, -0.2) is 38.3 Å². The van der Waals surface area contributed by atoms with Gasteiger partial charge in [0.05, 0.1) is 12.3 Å². The average Bonchev–Trinajstić information content (AvgIpc) is 3.60. The van der Waals surface area contributed by atoms with Gasteiger partial charge in [-0.2, -0.15) is 23.0 Å². The van der Waals surface area contributed by atoms with E-state index in [0.29, 0.717) is 6.54 Å². The second-order valence-electron chi connectivity index (χ2n) is 9.11. The molecule has 33 heavy (non-hydrogen) atoms. The Morgan fingerprint density at radius 3 is 2.27 bits per heavy atom. The first-order chi connectivity index (χ1) is 15.8. The molecule has 0 amide bonds. The molecule has 0 saturated heterocycles. The fourth-order valence-corrected chi connectivity index (χ4v) is 5.72. The fraction of sp³-hybridized carbons (Fsp3) is 0.480. The smallest absolute Gasteiger partial charge is 0.277 e. The summed E-state index contributed by atoms with van der Waals surface area (Å²) in [4.78, 5) is 0. The van der Waals surface area contributed by atoms with Gasteiger partial charge in [0, 0.05) is 19.1 Å². The van der Waals surface area contributed by atoms with Crippen molar-refractivity contribution in [3.05, 3.63) is 70.5 Å². The molecule has 2 N–H and O–H groups in total. The highest BCUT2D eigenvalue weighted by Crippen LogP contribution is 2.24. The summed E-state index contributed by atoms with van der Waals surface area (Å²) in [6.45, 7) is 2.69. The van der Waals surface area contributed by atoms with Gasteiger partial charge in [0.25, 0.3) is 10.2 Å². The van der Waals surface area contributed by atoms with E-state index in [2.05, 4.69) is 34.6 Å². The number of hydrogen-bond acceptors (Lipinski definition) is 4. The third-order valence-corrected chi connectivity index (χ3v) is 7.52. The van der Waals surface area contributed by atoms with E-state index in [4.69, 9.17) is 5.10 Å². The fourth-order valence-electron chi connectivity index (χ4n) is 4.31. The van der Waals surface area contributed by atoms with Crippen LogP contribution < -0.4 is 9.44 Å². The minimum absolute atomic E-state index is 0.0572. The van der Waals surface area contributed by atoms with Gasteiger partial charge >= 0.3 is 0 Å². The average molecular weight is 473 g/mol. The summed E-state index contributed by atoms with van der Waals surface area (Å²) >= 11 is 0. The Bertz CT molecular complexity index is 1100. The first kappa shape index (κ1) is 23.9. The molecule has 8 heteroatoms. The summed E-state index contributed by atoms with van der Waals surface area (Å²) in [5.74, 6) is -0.238. The summed E-state index contributed by atoms with van der Waals surface area (Å²) in [5.41, 5.74) is 5.65. The standard InChI is InChI=1S/C25H33FN4O2S/c1-3-25(27-30(2)17-18-4-10-22(26)11-5-18)21-7-6-19-8-12-23(13-9-20(19)16-21)28-33(31,32)29-24-14-15-24/h4-7,10-11,16,23-24,28-29H,3,8-9,12-15,17H2,1-2H3/b27-25+. The lowest BCUT2D eigenvalue weighted by atomic mass is 9.97. The van der Waals surface area contributed by atoms with Crippen molar-refractivity contribution in [1.82, 2.24) is 14.5 Å². The molecule has 1 unspecified atom stereocenters. The van der Waals surface area contributed by atoms with E-state index in [1.54, 1.807) is 12.1 Å². The summed E-state index contributed by atoms with van der Waals surface area (Å²) in [6, 6.07) is 13.0. The Labute approximate surface area is 196 Å². The van der Waals surface area contributed by atoms with Gasteiger partial charge < -0.3 is 0 Å². The van der Waals surface area contributed by atoms with E-state index in [9.17, 15) is 12.8 Å². The van der Waals surface area contributed by atoms with Gasteiger partial charge in [-0.05, 0) is 85.4 Å². The molecule has 6 nitrogen and oxygen atoms in total. The normalized spacial score (nSPS) is 19.1. The van der Waals surface area contributed by atoms with Gasteiger partial charge in [-0.15, -0.1) is 0 Å². The molecule has 0 radical (unpaired) electrons. The lowest BCUT2D eigenvalue weighted by molar-refractivity contribution is 0.346. The third kappa shape index (κ3) is 6.85. The van der Waals surface area contributed by atoms with Crippen molar-refractivity contribution in [1.29, 1.82) is 0 Å². The maximum Gasteiger partial charge on any atom is 0.277 e. The Morgan fingerprint density at radius 2 is 1.64 bits per heavy atom. The molecule has 2 aromatic carbocycles. The van der Waals surface area contributed by atoms with Crippen molar-refractivity contribution in [2.24, 2.45) is 5.10 Å². The SMILES string of the molecule is CC/C(=N\N(C)Cc1ccc(F)cc1)c1ccc2c(c1)CCC(NS(=O)(=O)NC1CC1)CC2. The molecule has 2 aliphatic carbocycles. The van der Waals surface area contributed by atoms with Crippen molar-refractivity contribution in [3.63, 3.8) is 0 Å². The number of hydrogen-bond donors (Lipinski definition) is 2. The molecule has 178 valence electrons. The number of nitrogens with one attached hydrogen (secondary N) is 2. The van der Waals surface area contributed by atoms with E-state index in [1.807, 2.05) is 12.1 Å². The first-order valence-electron chi connectivity index (χ1n) is 11.8. The predicted octanol–water partition coefficient (Wildman–Crippen LogP) is 3.91. The summed E-state index contributed by atoms with van der Waals surface area (Å²) in [5, 5.41) is 6.69. The molecule has 0 heterocycles. The number of aryl methyl sites for hydroxylation is 2. The lowest BCUT2D eigenvalue weighted by Gasteiger charge is -2.17. The largest absolute Gasteiger partial charge is 0.295 e. The Morgan fingerprint density at radius 1 is 1.00 bits per heavy atom. The maximum atomic E-state index is 13.2. The molecule has 1 atom stereocenters. The lowest BCUT2D eigenvalue weighted by Crippen LogP contribution is -2.43. The topological polar surface area (TPSA) is 73.8 Å². The monoisotopic (exact) mass is 472 g/mol. The molecule has 2 aliphatic rings. The predicted molar refractivity (Wildman–Crippen MR) is 130 cm³/mol. The van der Waals surface area contributed by atoms with Crippen molar-refractivity contribution in [2.45, 2.75) is 70.5 Å². The number of benzene rings is 2. The first-order valence-corrected chi connectivity index (χ1v) is 13.2. The van der Waals surface area contributed by atoms with Gasteiger partial charge in [-0.1, -0.05) is 31.2 Å². The van der Waals surface area contributed by atoms with Crippen LogP contribution >= 0.6 is 0 Å². The summed E-state index contributed by atoms with van der Waals surface area (Å²) in [7, 11) is -1.51. The Hall–Kier alpha value is -2.29. The molecule has 0 bridgehead atoms. The van der Waals surface area contributed by atoms with Gasteiger partial charge in [0.15, 0.2) is 0 Å². The summed E-state index contributed by atoms with van der Waals surface area (Å²) < 4.78 is 43.3. The van der Waals surface area contributed by atoms with Crippen LogP contribution in [0.5, 0.6) is 0 Å². The van der Waals surface area contributed by atoms with E-state index < -0.39 is 10.2 Å². The number of rotatable bonds is 9. The molecule has 0 aliphatic heterocycles. The van der Waals surface area contributed by atoms with Crippen LogP contribution in [0.4, 0.5) is 4.39 Å².